The van der Waals surface area contributed by atoms with Crippen molar-refractivity contribution in [2.75, 3.05) is 5.32 Å². The Balaban J connectivity index is 2.04. The van der Waals surface area contributed by atoms with Crippen LogP contribution in [0.1, 0.15) is 18.9 Å². The van der Waals surface area contributed by atoms with Gasteiger partial charge in [0.2, 0.25) is 0 Å². The van der Waals surface area contributed by atoms with Crippen molar-refractivity contribution < 1.29 is 13.9 Å². The van der Waals surface area contributed by atoms with Crippen LogP contribution in [-0.2, 0) is 4.79 Å². The molecule has 1 N–H and O–H groups in total. The number of amides is 1. The van der Waals surface area contributed by atoms with Gasteiger partial charge in [-0.2, -0.15) is 0 Å². The number of halogens is 2. The summed E-state index contributed by atoms with van der Waals surface area (Å²) in [7, 11) is 0. The molecule has 0 aliphatic heterocycles. The molecule has 2 aromatic carbocycles. The SMILES string of the molecule is CC[C@@H](Oc1ccc(F)cc1)C(=O)Nc1ccc(C)c(Cl)c1. The Labute approximate surface area is 134 Å². The molecule has 0 heterocycles. The highest BCUT2D eigenvalue weighted by molar-refractivity contribution is 6.31. The van der Waals surface area contributed by atoms with Gasteiger partial charge in [-0.3, -0.25) is 4.79 Å². The van der Waals surface area contributed by atoms with Gasteiger partial charge in [-0.25, -0.2) is 4.39 Å². The normalized spacial score (nSPS) is 11.8. The van der Waals surface area contributed by atoms with Crippen LogP contribution in [0.25, 0.3) is 0 Å². The Morgan fingerprint density at radius 2 is 1.95 bits per heavy atom. The summed E-state index contributed by atoms with van der Waals surface area (Å²) in [5.41, 5.74) is 1.55. The van der Waals surface area contributed by atoms with Crippen LogP contribution in [0.5, 0.6) is 5.75 Å². The minimum atomic E-state index is -0.662. The van der Waals surface area contributed by atoms with Crippen molar-refractivity contribution in [2.24, 2.45) is 0 Å². The fourth-order valence-corrected chi connectivity index (χ4v) is 2.07. The number of aryl methyl sites for hydroxylation is 1. The molecule has 2 aromatic rings. The van der Waals surface area contributed by atoms with Crippen LogP contribution in [0.2, 0.25) is 5.02 Å². The maximum Gasteiger partial charge on any atom is 0.265 e. The van der Waals surface area contributed by atoms with Gasteiger partial charge in [0.25, 0.3) is 5.91 Å². The average molecular weight is 322 g/mol. The molecule has 0 spiro atoms. The molecule has 1 atom stereocenters. The molecule has 22 heavy (non-hydrogen) atoms. The minimum Gasteiger partial charge on any atom is -0.481 e. The number of benzene rings is 2. The summed E-state index contributed by atoms with van der Waals surface area (Å²) in [6.45, 7) is 3.73. The third-order valence-electron chi connectivity index (χ3n) is 3.19. The Bertz CT molecular complexity index is 658. The van der Waals surface area contributed by atoms with Gasteiger partial charge in [0.1, 0.15) is 11.6 Å². The molecular formula is C17H17ClFNO2. The molecule has 0 aliphatic carbocycles. The first-order valence-corrected chi connectivity index (χ1v) is 7.36. The Morgan fingerprint density at radius 3 is 2.55 bits per heavy atom. The second-order valence-electron chi connectivity index (χ2n) is 4.92. The molecule has 0 saturated heterocycles. The molecule has 5 heteroatoms. The van der Waals surface area contributed by atoms with Crippen LogP contribution in [0, 0.1) is 12.7 Å². The molecule has 3 nitrogen and oxygen atoms in total. The maximum absolute atomic E-state index is 12.9. The van der Waals surface area contributed by atoms with Crippen LogP contribution in [0.3, 0.4) is 0 Å². The highest BCUT2D eigenvalue weighted by atomic mass is 35.5. The zero-order valence-electron chi connectivity index (χ0n) is 12.4. The van der Waals surface area contributed by atoms with Crippen LogP contribution >= 0.6 is 11.6 Å². The van der Waals surface area contributed by atoms with E-state index < -0.39 is 6.10 Å². The molecule has 0 saturated carbocycles. The van der Waals surface area contributed by atoms with Crippen molar-refractivity contribution in [3.8, 4) is 5.75 Å². The Hall–Kier alpha value is -2.07. The summed E-state index contributed by atoms with van der Waals surface area (Å²) in [6.07, 6.45) is -0.173. The third-order valence-corrected chi connectivity index (χ3v) is 3.60. The van der Waals surface area contributed by atoms with Crippen LogP contribution in [0.4, 0.5) is 10.1 Å². The summed E-state index contributed by atoms with van der Waals surface area (Å²) in [5.74, 6) is -0.170. The van der Waals surface area contributed by atoms with Gasteiger partial charge >= 0.3 is 0 Å². The van der Waals surface area contributed by atoms with Crippen LogP contribution < -0.4 is 10.1 Å². The number of nitrogens with one attached hydrogen (secondary N) is 1. The molecule has 0 aromatic heterocycles. The van der Waals surface area contributed by atoms with Gasteiger partial charge in [-0.1, -0.05) is 24.6 Å². The Kier molecular flexibility index (Phi) is 5.39. The number of ether oxygens (including phenoxy) is 1. The zero-order valence-corrected chi connectivity index (χ0v) is 13.2. The Morgan fingerprint density at radius 1 is 1.27 bits per heavy atom. The summed E-state index contributed by atoms with van der Waals surface area (Å²) in [4.78, 5) is 12.3. The van der Waals surface area contributed by atoms with Crippen LogP contribution in [0.15, 0.2) is 42.5 Å². The van der Waals surface area contributed by atoms with Crippen LogP contribution in [-0.4, -0.2) is 12.0 Å². The molecule has 1 amide bonds. The van der Waals surface area contributed by atoms with Gasteiger partial charge < -0.3 is 10.1 Å². The molecule has 0 fully saturated rings. The largest absolute Gasteiger partial charge is 0.481 e. The van der Waals surface area contributed by atoms with Crippen molar-refractivity contribution in [1.29, 1.82) is 0 Å². The second kappa shape index (κ2) is 7.27. The van der Waals surface area contributed by atoms with Gasteiger partial charge in [-0.05, 0) is 55.3 Å². The number of anilines is 1. The molecule has 0 unspecified atom stereocenters. The lowest BCUT2D eigenvalue weighted by molar-refractivity contribution is -0.122. The molecule has 2 rings (SSSR count). The third kappa shape index (κ3) is 4.21. The number of hydrogen-bond donors (Lipinski definition) is 1. The lowest BCUT2D eigenvalue weighted by Crippen LogP contribution is -2.32. The molecule has 0 aliphatic rings. The van der Waals surface area contributed by atoms with E-state index in [4.69, 9.17) is 16.3 Å². The summed E-state index contributed by atoms with van der Waals surface area (Å²) in [5, 5.41) is 3.36. The van der Waals surface area contributed by atoms with Crippen molar-refractivity contribution in [1.82, 2.24) is 0 Å². The first-order chi connectivity index (χ1) is 10.5. The predicted octanol–water partition coefficient (Wildman–Crippen LogP) is 4.58. The molecule has 0 bridgehead atoms. The molecule has 116 valence electrons. The second-order valence-corrected chi connectivity index (χ2v) is 5.33. The van der Waals surface area contributed by atoms with Gasteiger partial charge in [-0.15, -0.1) is 0 Å². The molecular weight excluding hydrogens is 305 g/mol. The predicted molar refractivity (Wildman–Crippen MR) is 85.9 cm³/mol. The van der Waals surface area contributed by atoms with Crippen molar-refractivity contribution in [3.63, 3.8) is 0 Å². The first kappa shape index (κ1) is 16.3. The van der Waals surface area contributed by atoms with Gasteiger partial charge in [0, 0.05) is 10.7 Å². The van der Waals surface area contributed by atoms with E-state index in [2.05, 4.69) is 5.32 Å². The standard InChI is InChI=1S/C17H17ClFNO2/c1-3-16(22-14-8-5-12(19)6-9-14)17(21)20-13-7-4-11(2)15(18)10-13/h4-10,16H,3H2,1-2H3,(H,20,21)/t16-/m1/s1. The quantitative estimate of drug-likeness (QED) is 0.875. The topological polar surface area (TPSA) is 38.3 Å². The monoisotopic (exact) mass is 321 g/mol. The zero-order chi connectivity index (χ0) is 16.1. The van der Waals surface area contributed by atoms with Gasteiger partial charge in [0.05, 0.1) is 0 Å². The van der Waals surface area contributed by atoms with Crippen molar-refractivity contribution in [2.45, 2.75) is 26.4 Å². The number of hydrogen-bond acceptors (Lipinski definition) is 2. The van der Waals surface area contributed by atoms with E-state index >= 15 is 0 Å². The smallest absolute Gasteiger partial charge is 0.265 e. The van der Waals surface area contributed by atoms with E-state index in [-0.39, 0.29) is 11.7 Å². The molecule has 0 radical (unpaired) electrons. The van der Waals surface area contributed by atoms with E-state index in [9.17, 15) is 9.18 Å². The fraction of sp³-hybridized carbons (Fsp3) is 0.235. The number of carbonyl (C=O) groups excluding carboxylic acids is 1. The lowest BCUT2D eigenvalue weighted by Gasteiger charge is -2.17. The summed E-state index contributed by atoms with van der Waals surface area (Å²) < 4.78 is 18.5. The minimum absolute atomic E-state index is 0.272. The van der Waals surface area contributed by atoms with E-state index in [0.717, 1.165) is 5.56 Å². The highest BCUT2D eigenvalue weighted by Crippen LogP contribution is 2.21. The van der Waals surface area contributed by atoms with Crippen molar-refractivity contribution >= 4 is 23.2 Å². The first-order valence-electron chi connectivity index (χ1n) is 6.99. The number of carbonyl (C=O) groups is 1. The summed E-state index contributed by atoms with van der Waals surface area (Å²) in [6, 6.07) is 10.9. The lowest BCUT2D eigenvalue weighted by atomic mass is 10.2. The number of rotatable bonds is 5. The maximum atomic E-state index is 12.9. The van der Waals surface area contributed by atoms with Gasteiger partial charge in [0.15, 0.2) is 6.10 Å². The van der Waals surface area contributed by atoms with E-state index in [1.165, 1.54) is 24.3 Å². The highest BCUT2D eigenvalue weighted by Gasteiger charge is 2.18. The average Bonchev–Trinajstić information content (AvgIpc) is 2.50. The summed E-state index contributed by atoms with van der Waals surface area (Å²) >= 11 is 6.04. The van der Waals surface area contributed by atoms with E-state index in [1.54, 1.807) is 12.1 Å². The van der Waals surface area contributed by atoms with E-state index in [0.29, 0.717) is 22.9 Å². The fourth-order valence-electron chi connectivity index (χ4n) is 1.89. The van der Waals surface area contributed by atoms with E-state index in [1.807, 2.05) is 19.9 Å². The van der Waals surface area contributed by atoms with Crippen molar-refractivity contribution in [3.05, 3.63) is 58.9 Å².